The third-order valence-electron chi connectivity index (χ3n) is 5.29. The number of aromatic amines is 1. The number of piperidine rings is 1. The van der Waals surface area contributed by atoms with Gasteiger partial charge < -0.3 is 20.1 Å². The second kappa shape index (κ2) is 10.1. The molecular weight excluding hydrogens is 446 g/mol. The van der Waals surface area contributed by atoms with Gasteiger partial charge >= 0.3 is 0 Å². The van der Waals surface area contributed by atoms with Gasteiger partial charge in [-0.3, -0.25) is 4.90 Å². The minimum atomic E-state index is -1.04. The van der Waals surface area contributed by atoms with Gasteiger partial charge in [0.1, 0.15) is 5.65 Å². The van der Waals surface area contributed by atoms with Gasteiger partial charge in [0.25, 0.3) is 0 Å². The maximum atomic E-state index is 14.4. The summed E-state index contributed by atoms with van der Waals surface area (Å²) in [5, 5.41) is 14.6. The number of aliphatic hydroxyl groups excluding tert-OH is 1. The average Bonchev–Trinajstić information content (AvgIpc) is 3.20. The second-order valence-electron chi connectivity index (χ2n) is 7.30. The molecule has 31 heavy (non-hydrogen) atoms. The van der Waals surface area contributed by atoms with Crippen molar-refractivity contribution in [2.75, 3.05) is 30.9 Å². The summed E-state index contributed by atoms with van der Waals surface area (Å²) in [5.41, 5.74) is 1.32. The molecule has 3 aromatic rings. The largest absolute Gasteiger partial charge is 0.366 e. The lowest BCUT2D eigenvalue weighted by Gasteiger charge is -2.38. The lowest BCUT2D eigenvalue weighted by molar-refractivity contribution is -0.206. The van der Waals surface area contributed by atoms with Crippen molar-refractivity contribution in [3.05, 3.63) is 35.5 Å². The fourth-order valence-corrected chi connectivity index (χ4v) is 4.02. The molecule has 166 valence electrons. The Morgan fingerprint density at radius 1 is 1.35 bits per heavy atom. The number of likely N-dealkylation sites (tertiary alicyclic amines) is 1. The van der Waals surface area contributed by atoms with Gasteiger partial charge in [-0.05, 0) is 18.9 Å². The van der Waals surface area contributed by atoms with E-state index >= 15 is 0 Å². The molecule has 1 aliphatic rings. The molecule has 1 fully saturated rings. The quantitative estimate of drug-likeness (QED) is 0.343. The van der Waals surface area contributed by atoms with E-state index in [1.54, 1.807) is 18.5 Å². The number of nitrogens with zero attached hydrogens (tertiary/aromatic N) is 4. The van der Waals surface area contributed by atoms with E-state index in [1.165, 1.54) is 0 Å². The molecule has 0 radical (unpaired) electrons. The van der Waals surface area contributed by atoms with Crippen LogP contribution in [0.1, 0.15) is 19.3 Å². The number of hydrogen-bond donors (Lipinski definition) is 3. The molecule has 11 heteroatoms. The fourth-order valence-electron chi connectivity index (χ4n) is 3.78. The van der Waals surface area contributed by atoms with Crippen molar-refractivity contribution in [1.82, 2.24) is 24.8 Å². The molecular formula is C20H23Cl2FN6O2. The molecule has 0 spiro atoms. The van der Waals surface area contributed by atoms with Crippen LogP contribution in [-0.2, 0) is 4.74 Å². The number of pyridine rings is 1. The Morgan fingerprint density at radius 2 is 2.23 bits per heavy atom. The first-order valence-corrected chi connectivity index (χ1v) is 11.0. The highest BCUT2D eigenvalue weighted by Gasteiger charge is 2.28. The lowest BCUT2D eigenvalue weighted by Crippen LogP contribution is -2.50. The first-order valence-electron chi connectivity index (χ1n) is 10.1. The maximum Gasteiger partial charge on any atom is 0.216 e. The Bertz CT molecular complexity index is 1040. The van der Waals surface area contributed by atoms with Gasteiger partial charge in [0, 0.05) is 48.4 Å². The third kappa shape index (κ3) is 5.07. The number of nitrogens with one attached hydrogen (secondary N) is 2. The average molecular weight is 469 g/mol. The van der Waals surface area contributed by atoms with E-state index in [9.17, 15) is 9.50 Å². The van der Waals surface area contributed by atoms with Crippen LogP contribution in [-0.4, -0.2) is 68.0 Å². The Labute approximate surface area is 188 Å². The first-order chi connectivity index (χ1) is 15.1. The molecule has 4 heterocycles. The van der Waals surface area contributed by atoms with Crippen molar-refractivity contribution in [3.8, 4) is 11.4 Å². The zero-order valence-electron chi connectivity index (χ0n) is 16.7. The van der Waals surface area contributed by atoms with E-state index in [0.29, 0.717) is 41.0 Å². The zero-order valence-corrected chi connectivity index (χ0v) is 18.2. The summed E-state index contributed by atoms with van der Waals surface area (Å²) in [6.07, 6.45) is 6.19. The van der Waals surface area contributed by atoms with Crippen LogP contribution >= 0.6 is 23.2 Å². The molecule has 1 aliphatic heterocycles. The van der Waals surface area contributed by atoms with Crippen molar-refractivity contribution in [2.45, 2.75) is 31.7 Å². The van der Waals surface area contributed by atoms with Crippen molar-refractivity contribution in [2.24, 2.45) is 0 Å². The molecule has 3 N–H and O–H groups in total. The predicted molar refractivity (Wildman–Crippen MR) is 118 cm³/mol. The van der Waals surface area contributed by atoms with E-state index in [2.05, 4.69) is 25.3 Å². The maximum absolute atomic E-state index is 14.4. The lowest BCUT2D eigenvalue weighted by atomic mass is 10.0. The van der Waals surface area contributed by atoms with E-state index in [-0.39, 0.29) is 18.5 Å². The number of anilines is 1. The smallest absolute Gasteiger partial charge is 0.216 e. The summed E-state index contributed by atoms with van der Waals surface area (Å²) in [5.74, 6) is 0.194. The number of halogens is 3. The van der Waals surface area contributed by atoms with Crippen LogP contribution in [0.15, 0.2) is 24.7 Å². The molecule has 0 saturated carbocycles. The van der Waals surface area contributed by atoms with Crippen LogP contribution in [0, 0.1) is 5.82 Å². The van der Waals surface area contributed by atoms with Crippen LogP contribution in [0.5, 0.6) is 0 Å². The number of rotatable bonds is 8. The Kier molecular flexibility index (Phi) is 7.19. The molecule has 4 rings (SSSR count). The van der Waals surface area contributed by atoms with E-state index in [0.717, 1.165) is 30.8 Å². The Hall–Kier alpha value is -2.04. The molecule has 0 aliphatic carbocycles. The molecule has 8 nitrogen and oxygen atoms in total. The van der Waals surface area contributed by atoms with Crippen LogP contribution in [0.25, 0.3) is 22.4 Å². The number of fused-ring (bicyclic) bond motifs is 1. The highest BCUT2D eigenvalue weighted by atomic mass is 35.5. The predicted octanol–water partition coefficient (Wildman–Crippen LogP) is 3.61. The Balaban J connectivity index is 1.51. The van der Waals surface area contributed by atoms with E-state index in [1.807, 2.05) is 4.90 Å². The first kappa shape index (κ1) is 22.2. The monoisotopic (exact) mass is 468 g/mol. The van der Waals surface area contributed by atoms with Gasteiger partial charge in [-0.15, -0.1) is 11.6 Å². The summed E-state index contributed by atoms with van der Waals surface area (Å²) in [6.45, 7) is 1.35. The number of aliphatic hydroxyl groups is 1. The van der Waals surface area contributed by atoms with Gasteiger partial charge in [-0.2, -0.15) is 0 Å². The van der Waals surface area contributed by atoms with Gasteiger partial charge in [0.05, 0.1) is 17.8 Å². The van der Waals surface area contributed by atoms with Crippen molar-refractivity contribution >= 4 is 40.1 Å². The van der Waals surface area contributed by atoms with Crippen LogP contribution in [0.4, 0.5) is 10.2 Å². The summed E-state index contributed by atoms with van der Waals surface area (Å²) in [7, 11) is 0. The van der Waals surface area contributed by atoms with Gasteiger partial charge in [0.2, 0.25) is 6.41 Å². The highest BCUT2D eigenvalue weighted by molar-refractivity contribution is 6.31. The van der Waals surface area contributed by atoms with Crippen LogP contribution < -0.4 is 5.32 Å². The zero-order chi connectivity index (χ0) is 21.8. The van der Waals surface area contributed by atoms with Crippen molar-refractivity contribution in [1.29, 1.82) is 0 Å². The van der Waals surface area contributed by atoms with Crippen molar-refractivity contribution in [3.63, 3.8) is 0 Å². The number of hydrogen-bond acceptors (Lipinski definition) is 7. The van der Waals surface area contributed by atoms with Crippen LogP contribution in [0.2, 0.25) is 5.02 Å². The molecule has 0 aromatic carbocycles. The summed E-state index contributed by atoms with van der Waals surface area (Å²) < 4.78 is 19.8. The molecule has 0 amide bonds. The molecule has 2 unspecified atom stereocenters. The van der Waals surface area contributed by atoms with Gasteiger partial charge in [-0.25, -0.2) is 19.3 Å². The summed E-state index contributed by atoms with van der Waals surface area (Å²) in [6, 6.07) is 1.73. The van der Waals surface area contributed by atoms with Crippen LogP contribution in [0.3, 0.4) is 0 Å². The SMILES string of the molecule is OC(OCCCl)N1CCCCC1CNc1nc(-c2c[nH]c3ncc(Cl)cc23)ncc1F. The molecule has 0 bridgehead atoms. The summed E-state index contributed by atoms with van der Waals surface area (Å²) in [4.78, 5) is 17.6. The standard InChI is InChI=1S/C20H23Cl2FN6O2/c21-4-6-31-20(30)29-5-2-1-3-13(29)9-25-19-16(23)11-27-18(28-19)15-10-26-17-14(15)7-12(22)8-24-17/h7-8,10-11,13,20,30H,1-6,9H2,(H,24,26)(H,25,27,28). The van der Waals surface area contributed by atoms with Gasteiger partial charge in [0.15, 0.2) is 17.5 Å². The highest BCUT2D eigenvalue weighted by Crippen LogP contribution is 2.28. The number of alkyl halides is 1. The topological polar surface area (TPSA) is 99.2 Å². The minimum absolute atomic E-state index is 0.0343. The third-order valence-corrected chi connectivity index (χ3v) is 5.65. The van der Waals surface area contributed by atoms with Crippen molar-refractivity contribution < 1.29 is 14.2 Å². The molecule has 3 aromatic heterocycles. The number of aromatic nitrogens is 4. The fraction of sp³-hybridized carbons (Fsp3) is 0.450. The molecule has 1 saturated heterocycles. The second-order valence-corrected chi connectivity index (χ2v) is 8.11. The summed E-state index contributed by atoms with van der Waals surface area (Å²) >= 11 is 11.7. The van der Waals surface area contributed by atoms with E-state index < -0.39 is 12.2 Å². The minimum Gasteiger partial charge on any atom is -0.366 e. The van der Waals surface area contributed by atoms with Gasteiger partial charge in [-0.1, -0.05) is 18.0 Å². The molecule has 2 atom stereocenters. The number of ether oxygens (including phenoxy) is 1. The normalized spacial score (nSPS) is 18.4. The Morgan fingerprint density at radius 3 is 3.06 bits per heavy atom. The number of H-pyrrole nitrogens is 1. The van der Waals surface area contributed by atoms with E-state index in [4.69, 9.17) is 27.9 Å².